The van der Waals surface area contributed by atoms with Gasteiger partial charge < -0.3 is 24.4 Å². The Balaban J connectivity index is 1.37. The van der Waals surface area contributed by atoms with E-state index in [4.69, 9.17) is 14.2 Å². The van der Waals surface area contributed by atoms with Crippen LogP contribution in [-0.2, 0) is 4.79 Å². The molecule has 0 aliphatic carbocycles. The summed E-state index contributed by atoms with van der Waals surface area (Å²) in [7, 11) is 0. The van der Waals surface area contributed by atoms with Crippen molar-refractivity contribution >= 4 is 17.5 Å². The van der Waals surface area contributed by atoms with E-state index in [2.05, 4.69) is 5.32 Å². The second-order valence-corrected chi connectivity index (χ2v) is 6.43. The molecule has 2 aromatic carbocycles. The van der Waals surface area contributed by atoms with Crippen LogP contribution in [0.25, 0.3) is 0 Å². The average Bonchev–Trinajstić information content (AvgIpc) is 3.37. The molecular formula is C20H20N2O5. The second-order valence-electron chi connectivity index (χ2n) is 6.43. The Bertz CT molecular complexity index is 861. The van der Waals surface area contributed by atoms with E-state index in [-0.39, 0.29) is 25.2 Å². The van der Waals surface area contributed by atoms with E-state index in [9.17, 15) is 9.59 Å². The Morgan fingerprint density at radius 2 is 1.85 bits per heavy atom. The third-order valence-electron chi connectivity index (χ3n) is 4.55. The van der Waals surface area contributed by atoms with Crippen LogP contribution in [0.2, 0.25) is 0 Å². The first-order chi connectivity index (χ1) is 13.2. The van der Waals surface area contributed by atoms with E-state index in [0.717, 1.165) is 25.9 Å². The van der Waals surface area contributed by atoms with E-state index in [1.54, 1.807) is 42.5 Å². The van der Waals surface area contributed by atoms with Gasteiger partial charge in [-0.2, -0.15) is 0 Å². The van der Waals surface area contributed by atoms with Crippen LogP contribution in [0.15, 0.2) is 42.5 Å². The summed E-state index contributed by atoms with van der Waals surface area (Å²) in [5, 5.41) is 2.82. The molecule has 0 saturated carbocycles. The highest BCUT2D eigenvalue weighted by atomic mass is 16.7. The second kappa shape index (κ2) is 7.57. The van der Waals surface area contributed by atoms with Gasteiger partial charge >= 0.3 is 0 Å². The summed E-state index contributed by atoms with van der Waals surface area (Å²) in [6.45, 7) is 1.76. The lowest BCUT2D eigenvalue weighted by Crippen LogP contribution is -2.32. The molecule has 0 spiro atoms. The maximum absolute atomic E-state index is 12.5. The van der Waals surface area contributed by atoms with E-state index < -0.39 is 0 Å². The van der Waals surface area contributed by atoms with E-state index in [0.29, 0.717) is 28.5 Å². The van der Waals surface area contributed by atoms with Crippen molar-refractivity contribution in [2.75, 3.05) is 31.8 Å². The van der Waals surface area contributed by atoms with Gasteiger partial charge in [-0.15, -0.1) is 0 Å². The lowest BCUT2D eigenvalue weighted by molar-refractivity contribution is -0.132. The zero-order valence-electron chi connectivity index (χ0n) is 14.8. The van der Waals surface area contributed by atoms with Gasteiger partial charge in [-0.25, -0.2) is 0 Å². The molecule has 0 radical (unpaired) electrons. The van der Waals surface area contributed by atoms with Crippen LogP contribution in [0.3, 0.4) is 0 Å². The number of anilines is 1. The molecule has 0 atom stereocenters. The van der Waals surface area contributed by atoms with Gasteiger partial charge in [0.25, 0.3) is 11.8 Å². The van der Waals surface area contributed by atoms with Crippen LogP contribution in [0.1, 0.15) is 23.2 Å². The first-order valence-corrected chi connectivity index (χ1v) is 8.91. The van der Waals surface area contributed by atoms with Crippen molar-refractivity contribution in [3.8, 4) is 17.2 Å². The Kier molecular flexibility index (Phi) is 4.82. The summed E-state index contributed by atoms with van der Waals surface area (Å²) in [6.07, 6.45) is 2.10. The van der Waals surface area contributed by atoms with Gasteiger partial charge in [0.15, 0.2) is 18.1 Å². The fourth-order valence-corrected chi connectivity index (χ4v) is 3.11. The minimum absolute atomic E-state index is 0.000436. The summed E-state index contributed by atoms with van der Waals surface area (Å²) in [5.74, 6) is 1.44. The number of fused-ring (bicyclic) bond motifs is 1. The van der Waals surface area contributed by atoms with Crippen LogP contribution in [0.5, 0.6) is 17.2 Å². The van der Waals surface area contributed by atoms with Crippen molar-refractivity contribution in [2.24, 2.45) is 0 Å². The largest absolute Gasteiger partial charge is 0.484 e. The number of amides is 2. The monoisotopic (exact) mass is 368 g/mol. The SMILES string of the molecule is O=C(Nc1cccc(OCC(=O)N2CCCC2)c1)c1ccc2c(c1)OCO2. The quantitative estimate of drug-likeness (QED) is 0.878. The van der Waals surface area contributed by atoms with Crippen LogP contribution < -0.4 is 19.5 Å². The van der Waals surface area contributed by atoms with Crippen LogP contribution in [0.4, 0.5) is 5.69 Å². The number of ether oxygens (including phenoxy) is 3. The van der Waals surface area contributed by atoms with Crippen LogP contribution in [0, 0.1) is 0 Å². The van der Waals surface area contributed by atoms with Gasteiger partial charge in [-0.05, 0) is 43.2 Å². The molecule has 140 valence electrons. The van der Waals surface area contributed by atoms with Gasteiger partial charge in [0.2, 0.25) is 6.79 Å². The Morgan fingerprint density at radius 3 is 2.70 bits per heavy atom. The van der Waals surface area contributed by atoms with Gasteiger partial charge in [0, 0.05) is 30.4 Å². The number of carbonyl (C=O) groups excluding carboxylic acids is 2. The number of likely N-dealkylation sites (tertiary alicyclic amines) is 1. The summed E-state index contributed by atoms with van der Waals surface area (Å²) in [6, 6.07) is 12.0. The number of nitrogens with zero attached hydrogens (tertiary/aromatic N) is 1. The fraction of sp³-hybridized carbons (Fsp3) is 0.300. The first-order valence-electron chi connectivity index (χ1n) is 8.91. The van der Waals surface area contributed by atoms with Gasteiger partial charge in [0.1, 0.15) is 5.75 Å². The molecule has 2 heterocycles. The molecule has 7 heteroatoms. The fourth-order valence-electron chi connectivity index (χ4n) is 3.11. The molecule has 2 amide bonds. The van der Waals surface area contributed by atoms with Crippen molar-refractivity contribution in [3.63, 3.8) is 0 Å². The number of hydrogen-bond acceptors (Lipinski definition) is 5. The van der Waals surface area contributed by atoms with Crippen LogP contribution in [-0.4, -0.2) is 43.2 Å². The van der Waals surface area contributed by atoms with Crippen LogP contribution >= 0.6 is 0 Å². The molecule has 4 rings (SSSR count). The summed E-state index contributed by atoms with van der Waals surface area (Å²) >= 11 is 0. The number of rotatable bonds is 5. The van der Waals surface area contributed by atoms with Gasteiger partial charge in [0.05, 0.1) is 0 Å². The van der Waals surface area contributed by atoms with Crippen molar-refractivity contribution in [2.45, 2.75) is 12.8 Å². The minimum atomic E-state index is -0.265. The summed E-state index contributed by atoms with van der Waals surface area (Å²) < 4.78 is 16.1. The molecule has 27 heavy (non-hydrogen) atoms. The maximum Gasteiger partial charge on any atom is 0.260 e. The highest BCUT2D eigenvalue weighted by molar-refractivity contribution is 6.04. The molecule has 2 aliphatic rings. The smallest absolute Gasteiger partial charge is 0.260 e. The Labute approximate surface area is 156 Å². The highest BCUT2D eigenvalue weighted by Gasteiger charge is 2.19. The predicted molar refractivity (Wildman–Crippen MR) is 98.3 cm³/mol. The molecule has 0 aromatic heterocycles. The Morgan fingerprint density at radius 1 is 1.04 bits per heavy atom. The van der Waals surface area contributed by atoms with Crippen molar-refractivity contribution < 1.29 is 23.8 Å². The molecule has 1 N–H and O–H groups in total. The lowest BCUT2D eigenvalue weighted by Gasteiger charge is -2.15. The van der Waals surface area contributed by atoms with E-state index >= 15 is 0 Å². The minimum Gasteiger partial charge on any atom is -0.484 e. The van der Waals surface area contributed by atoms with Crippen molar-refractivity contribution in [3.05, 3.63) is 48.0 Å². The predicted octanol–water partition coefficient (Wildman–Crippen LogP) is 2.67. The lowest BCUT2D eigenvalue weighted by atomic mass is 10.2. The number of nitrogens with one attached hydrogen (secondary N) is 1. The number of carbonyl (C=O) groups is 2. The van der Waals surface area contributed by atoms with Crippen molar-refractivity contribution in [1.82, 2.24) is 4.90 Å². The summed E-state index contributed by atoms with van der Waals surface area (Å²) in [4.78, 5) is 26.3. The topological polar surface area (TPSA) is 77.1 Å². The number of hydrogen-bond donors (Lipinski definition) is 1. The maximum atomic E-state index is 12.5. The third-order valence-corrected chi connectivity index (χ3v) is 4.55. The highest BCUT2D eigenvalue weighted by Crippen LogP contribution is 2.32. The molecule has 1 fully saturated rings. The normalized spacial score (nSPS) is 14.9. The zero-order valence-corrected chi connectivity index (χ0v) is 14.8. The number of benzene rings is 2. The third kappa shape index (κ3) is 3.97. The molecule has 2 aliphatic heterocycles. The molecule has 0 bridgehead atoms. The van der Waals surface area contributed by atoms with E-state index in [1.807, 2.05) is 4.90 Å². The molecule has 1 saturated heterocycles. The average molecular weight is 368 g/mol. The molecule has 0 unspecified atom stereocenters. The molecule has 2 aromatic rings. The van der Waals surface area contributed by atoms with Gasteiger partial charge in [-0.1, -0.05) is 6.07 Å². The van der Waals surface area contributed by atoms with Crippen molar-refractivity contribution in [1.29, 1.82) is 0 Å². The molecular weight excluding hydrogens is 348 g/mol. The van der Waals surface area contributed by atoms with E-state index in [1.165, 1.54) is 0 Å². The summed E-state index contributed by atoms with van der Waals surface area (Å²) in [5.41, 5.74) is 1.05. The molecule has 7 nitrogen and oxygen atoms in total. The zero-order chi connectivity index (χ0) is 18.6. The first kappa shape index (κ1) is 17.2. The standard InChI is InChI=1S/C20H20N2O5/c23-19(22-8-1-2-9-22)12-25-16-5-3-4-15(11-16)21-20(24)14-6-7-17-18(10-14)27-13-26-17/h3-7,10-11H,1-2,8-9,12-13H2,(H,21,24). The Hall–Kier alpha value is -3.22. The van der Waals surface area contributed by atoms with Gasteiger partial charge in [-0.3, -0.25) is 9.59 Å².